The smallest absolute Gasteiger partial charge is 0.260 e. The van der Waals surface area contributed by atoms with Gasteiger partial charge in [0.05, 0.1) is 0 Å². The van der Waals surface area contributed by atoms with E-state index in [4.69, 9.17) is 27.7 Å². The first-order chi connectivity index (χ1) is 7.16. The van der Waals surface area contributed by atoms with Gasteiger partial charge < -0.3 is 4.52 Å². The van der Waals surface area contributed by atoms with Crippen LogP contribution in [-0.2, 0) is 0 Å². The molecule has 0 aliphatic rings. The number of halogens is 2. The minimum atomic E-state index is -0.781. The predicted octanol–water partition coefficient (Wildman–Crippen LogP) is 3.52. The molecule has 0 fully saturated rings. The Morgan fingerprint density at radius 3 is 2.40 bits per heavy atom. The van der Waals surface area contributed by atoms with Gasteiger partial charge >= 0.3 is 0 Å². The van der Waals surface area contributed by atoms with Crippen LogP contribution in [0.15, 0.2) is 28.8 Å². The second kappa shape index (κ2) is 4.21. The highest BCUT2D eigenvalue weighted by Gasteiger charge is 2.13. The number of rotatable bonds is 2. The summed E-state index contributed by atoms with van der Waals surface area (Å²) in [5.74, 6) is 0.713. The highest BCUT2D eigenvalue weighted by molar-refractivity contribution is 6.43. The molecule has 0 radical (unpaired) electrons. The fourth-order valence-corrected chi connectivity index (χ4v) is 1.32. The Morgan fingerprint density at radius 2 is 1.87 bits per heavy atom. The first kappa shape index (κ1) is 10.5. The lowest BCUT2D eigenvalue weighted by Crippen LogP contribution is -1.83. The molecule has 78 valence electrons. The Hall–Kier alpha value is -1.06. The van der Waals surface area contributed by atoms with Gasteiger partial charge in [0.25, 0.3) is 5.89 Å². The van der Waals surface area contributed by atoms with Crippen molar-refractivity contribution in [2.45, 2.75) is 11.8 Å². The maximum Gasteiger partial charge on any atom is 0.260 e. The second-order valence-corrected chi connectivity index (χ2v) is 4.22. The van der Waals surface area contributed by atoms with E-state index in [9.17, 15) is 0 Å². The normalized spacial score (nSPS) is 10.9. The minimum Gasteiger partial charge on any atom is -0.336 e. The molecule has 2 aromatic rings. The van der Waals surface area contributed by atoms with Gasteiger partial charge in [0.2, 0.25) is 5.82 Å². The first-order valence-corrected chi connectivity index (χ1v) is 5.23. The largest absolute Gasteiger partial charge is 0.336 e. The second-order valence-electron chi connectivity index (χ2n) is 3.12. The molecule has 0 atom stereocenters. The molecule has 0 spiro atoms. The highest BCUT2D eigenvalue weighted by atomic mass is 35.5. The molecule has 0 saturated heterocycles. The third-order valence-electron chi connectivity index (χ3n) is 1.94. The van der Waals surface area contributed by atoms with Gasteiger partial charge in [0.15, 0.2) is 4.84 Å². The van der Waals surface area contributed by atoms with Gasteiger partial charge in [-0.1, -0.05) is 58.2 Å². The van der Waals surface area contributed by atoms with E-state index in [2.05, 4.69) is 10.1 Å². The average Bonchev–Trinajstić information content (AvgIpc) is 2.68. The molecule has 1 aromatic heterocycles. The van der Waals surface area contributed by atoms with Crippen LogP contribution in [-0.4, -0.2) is 10.1 Å². The van der Waals surface area contributed by atoms with E-state index in [1.165, 1.54) is 5.56 Å². The number of nitrogens with zero attached hydrogens (tertiary/aromatic N) is 2. The zero-order valence-electron chi connectivity index (χ0n) is 7.95. The molecule has 5 heteroatoms. The lowest BCUT2D eigenvalue weighted by molar-refractivity contribution is 0.388. The highest BCUT2D eigenvalue weighted by Crippen LogP contribution is 2.25. The van der Waals surface area contributed by atoms with Crippen LogP contribution in [0.5, 0.6) is 0 Å². The topological polar surface area (TPSA) is 38.9 Å². The molecule has 1 heterocycles. The fraction of sp³-hybridized carbons (Fsp3) is 0.200. The molecule has 0 amide bonds. The standard InChI is InChI=1S/C10H8Cl2N2O/c1-6-2-4-7(5-3-6)9-13-10(8(11)12)15-14-9/h2-5,8H,1H3. The summed E-state index contributed by atoms with van der Waals surface area (Å²) < 4.78 is 4.89. The van der Waals surface area contributed by atoms with E-state index in [1.807, 2.05) is 31.2 Å². The molecular formula is C10H8Cl2N2O. The summed E-state index contributed by atoms with van der Waals surface area (Å²) >= 11 is 11.2. The van der Waals surface area contributed by atoms with Crippen molar-refractivity contribution >= 4 is 23.2 Å². The van der Waals surface area contributed by atoms with E-state index in [1.54, 1.807) is 0 Å². The van der Waals surface area contributed by atoms with Gasteiger partial charge in [-0.2, -0.15) is 4.98 Å². The molecule has 15 heavy (non-hydrogen) atoms. The van der Waals surface area contributed by atoms with Crippen molar-refractivity contribution in [2.24, 2.45) is 0 Å². The molecule has 0 aliphatic carbocycles. The number of aryl methyl sites for hydroxylation is 1. The van der Waals surface area contributed by atoms with Gasteiger partial charge in [-0.15, -0.1) is 0 Å². The Morgan fingerprint density at radius 1 is 1.20 bits per heavy atom. The molecule has 2 rings (SSSR count). The summed E-state index contributed by atoms with van der Waals surface area (Å²) in [4.78, 5) is 3.29. The first-order valence-electron chi connectivity index (χ1n) is 4.35. The Bertz CT molecular complexity index is 451. The van der Waals surface area contributed by atoms with Crippen molar-refractivity contribution < 1.29 is 4.52 Å². The number of hydrogen-bond acceptors (Lipinski definition) is 3. The zero-order valence-corrected chi connectivity index (χ0v) is 9.46. The molecule has 0 aliphatic heterocycles. The average molecular weight is 243 g/mol. The van der Waals surface area contributed by atoms with E-state index >= 15 is 0 Å². The quantitative estimate of drug-likeness (QED) is 0.757. The van der Waals surface area contributed by atoms with Crippen molar-refractivity contribution in [3.8, 4) is 11.4 Å². The lowest BCUT2D eigenvalue weighted by atomic mass is 10.1. The van der Waals surface area contributed by atoms with Crippen molar-refractivity contribution in [2.75, 3.05) is 0 Å². The van der Waals surface area contributed by atoms with Gasteiger partial charge in [-0.3, -0.25) is 0 Å². The van der Waals surface area contributed by atoms with Crippen molar-refractivity contribution in [1.29, 1.82) is 0 Å². The summed E-state index contributed by atoms with van der Waals surface area (Å²) in [6.45, 7) is 2.01. The third-order valence-corrected chi connectivity index (χ3v) is 2.31. The van der Waals surface area contributed by atoms with Crippen molar-refractivity contribution in [1.82, 2.24) is 10.1 Å². The number of alkyl halides is 2. The molecule has 0 bridgehead atoms. The number of aromatic nitrogens is 2. The van der Waals surface area contributed by atoms with Crippen LogP contribution >= 0.6 is 23.2 Å². The third kappa shape index (κ3) is 2.30. The predicted molar refractivity (Wildman–Crippen MR) is 58.9 cm³/mol. The van der Waals surface area contributed by atoms with Crippen LogP contribution in [0.2, 0.25) is 0 Å². The van der Waals surface area contributed by atoms with Gasteiger partial charge in [0.1, 0.15) is 0 Å². The van der Waals surface area contributed by atoms with Crippen LogP contribution in [0.1, 0.15) is 16.3 Å². The SMILES string of the molecule is Cc1ccc(-c2noc(C(Cl)Cl)n2)cc1. The van der Waals surface area contributed by atoms with Crippen LogP contribution in [0.4, 0.5) is 0 Å². The molecule has 1 aromatic carbocycles. The Labute approximate surface area is 97.0 Å². The number of hydrogen-bond donors (Lipinski definition) is 0. The van der Waals surface area contributed by atoms with Crippen LogP contribution in [0, 0.1) is 6.92 Å². The van der Waals surface area contributed by atoms with E-state index in [0.717, 1.165) is 5.56 Å². The monoisotopic (exact) mass is 242 g/mol. The molecule has 0 N–H and O–H groups in total. The minimum absolute atomic E-state index is 0.217. The van der Waals surface area contributed by atoms with Crippen LogP contribution in [0.3, 0.4) is 0 Å². The van der Waals surface area contributed by atoms with Gasteiger partial charge in [0, 0.05) is 5.56 Å². The number of benzene rings is 1. The molecule has 0 unspecified atom stereocenters. The Balaban J connectivity index is 2.33. The van der Waals surface area contributed by atoms with Crippen LogP contribution < -0.4 is 0 Å². The fourth-order valence-electron chi connectivity index (χ4n) is 1.14. The van der Waals surface area contributed by atoms with Gasteiger partial charge in [-0.25, -0.2) is 0 Å². The molecule has 3 nitrogen and oxygen atoms in total. The summed E-state index contributed by atoms with van der Waals surface area (Å²) in [5, 5.41) is 3.78. The van der Waals surface area contributed by atoms with Crippen molar-refractivity contribution in [3.63, 3.8) is 0 Å². The van der Waals surface area contributed by atoms with Crippen molar-refractivity contribution in [3.05, 3.63) is 35.7 Å². The summed E-state index contributed by atoms with van der Waals surface area (Å²) in [6, 6.07) is 7.79. The summed E-state index contributed by atoms with van der Waals surface area (Å²) in [7, 11) is 0. The van der Waals surface area contributed by atoms with E-state index < -0.39 is 4.84 Å². The van der Waals surface area contributed by atoms with Crippen LogP contribution in [0.25, 0.3) is 11.4 Å². The van der Waals surface area contributed by atoms with Gasteiger partial charge in [-0.05, 0) is 6.92 Å². The van der Waals surface area contributed by atoms with E-state index in [0.29, 0.717) is 5.82 Å². The lowest BCUT2D eigenvalue weighted by Gasteiger charge is -1.94. The maximum atomic E-state index is 5.60. The molecular weight excluding hydrogens is 235 g/mol. The summed E-state index contributed by atoms with van der Waals surface area (Å²) in [6.07, 6.45) is 0. The maximum absolute atomic E-state index is 5.60. The summed E-state index contributed by atoms with van der Waals surface area (Å²) in [5.41, 5.74) is 2.06. The Kier molecular flexibility index (Phi) is 2.93. The zero-order chi connectivity index (χ0) is 10.8. The van der Waals surface area contributed by atoms with E-state index in [-0.39, 0.29) is 5.89 Å². The molecule has 0 saturated carbocycles.